The van der Waals surface area contributed by atoms with Crippen molar-refractivity contribution in [1.29, 1.82) is 0 Å². The summed E-state index contributed by atoms with van der Waals surface area (Å²) in [6.45, 7) is 0. The van der Waals surface area contributed by atoms with Gasteiger partial charge in [-0.3, -0.25) is 0 Å². The van der Waals surface area contributed by atoms with Crippen molar-refractivity contribution in [3.8, 4) is 0 Å². The molecular formula is C5H2Cl4N2O2S. The smallest absolute Gasteiger partial charge is 0.206 e. The number of halogens is 4. The average molecular weight is 296 g/mol. The van der Waals surface area contributed by atoms with E-state index in [1.807, 2.05) is 0 Å². The van der Waals surface area contributed by atoms with Crippen molar-refractivity contribution in [2.75, 3.05) is 0 Å². The molecule has 0 fully saturated rings. The van der Waals surface area contributed by atoms with E-state index < -0.39 is 14.1 Å². The molecule has 9 heteroatoms. The van der Waals surface area contributed by atoms with Crippen LogP contribution in [0.25, 0.3) is 0 Å². The van der Waals surface area contributed by atoms with Crippen LogP contribution in [-0.4, -0.2) is 18.4 Å². The quantitative estimate of drug-likeness (QED) is 0.364. The molecule has 0 aliphatic rings. The lowest BCUT2D eigenvalue weighted by Gasteiger charge is -2.04. The van der Waals surface area contributed by atoms with E-state index in [-0.39, 0.29) is 21.9 Å². The highest BCUT2D eigenvalue weighted by atomic mass is 35.7. The van der Waals surface area contributed by atoms with Crippen molar-refractivity contribution in [3.63, 3.8) is 0 Å². The van der Waals surface area contributed by atoms with Crippen LogP contribution in [0.2, 0.25) is 10.4 Å². The molecule has 1 aromatic rings. The second kappa shape index (κ2) is 4.37. The Morgan fingerprint density at radius 2 is 1.79 bits per heavy atom. The second-order valence-corrected chi connectivity index (χ2v) is 5.58. The van der Waals surface area contributed by atoms with Gasteiger partial charge in [-0.1, -0.05) is 11.6 Å². The van der Waals surface area contributed by atoms with Gasteiger partial charge in [0.25, 0.3) is 9.05 Å². The van der Waals surface area contributed by atoms with E-state index in [0.29, 0.717) is 0 Å². The molecule has 14 heavy (non-hydrogen) atoms. The van der Waals surface area contributed by atoms with Gasteiger partial charge in [0, 0.05) is 16.2 Å². The van der Waals surface area contributed by atoms with Crippen LogP contribution in [0.1, 0.15) is 5.56 Å². The molecule has 1 aromatic heterocycles. The van der Waals surface area contributed by atoms with Gasteiger partial charge in [-0.25, -0.2) is 18.4 Å². The van der Waals surface area contributed by atoms with Gasteiger partial charge in [-0.05, 0) is 11.6 Å². The molecule has 0 radical (unpaired) electrons. The minimum atomic E-state index is -4.02. The molecule has 78 valence electrons. The van der Waals surface area contributed by atoms with Crippen LogP contribution < -0.4 is 0 Å². The Labute approximate surface area is 99.6 Å². The second-order valence-electron chi connectivity index (χ2n) is 2.14. The third-order valence-electron chi connectivity index (χ3n) is 1.26. The monoisotopic (exact) mass is 294 g/mol. The minimum Gasteiger partial charge on any atom is -0.206 e. The fourth-order valence-electron chi connectivity index (χ4n) is 0.727. The zero-order chi connectivity index (χ0) is 10.9. The van der Waals surface area contributed by atoms with Crippen LogP contribution in [0.5, 0.6) is 0 Å². The van der Waals surface area contributed by atoms with Crippen LogP contribution in [0.4, 0.5) is 0 Å². The molecule has 4 nitrogen and oxygen atoms in total. The highest BCUT2D eigenvalue weighted by molar-refractivity contribution is 8.13. The summed E-state index contributed by atoms with van der Waals surface area (Å²) in [6, 6.07) is 0. The van der Waals surface area contributed by atoms with E-state index in [2.05, 4.69) is 9.97 Å². The molecule has 1 heterocycles. The summed E-state index contributed by atoms with van der Waals surface area (Å²) in [7, 11) is 1.07. The first-order valence-corrected chi connectivity index (χ1v) is 6.68. The Morgan fingerprint density at radius 3 is 2.21 bits per heavy atom. The van der Waals surface area contributed by atoms with E-state index in [4.69, 9.17) is 45.5 Å². The molecule has 0 aromatic carbocycles. The molecule has 0 amide bonds. The van der Waals surface area contributed by atoms with Gasteiger partial charge < -0.3 is 0 Å². The summed E-state index contributed by atoms with van der Waals surface area (Å²) in [5.74, 6) is -0.169. The average Bonchev–Trinajstić information content (AvgIpc) is 2.01. The van der Waals surface area contributed by atoms with Gasteiger partial charge in [0.15, 0.2) is 5.03 Å². The number of hydrogen-bond acceptors (Lipinski definition) is 4. The maximum absolute atomic E-state index is 11.0. The van der Waals surface area contributed by atoms with Gasteiger partial charge in [-0.15, -0.1) is 11.6 Å². The van der Waals surface area contributed by atoms with E-state index >= 15 is 0 Å². The Bertz CT molecular complexity index is 461. The predicted octanol–water partition coefficient (Wildman–Crippen LogP) is 2.45. The molecule has 0 spiro atoms. The fourth-order valence-corrected chi connectivity index (χ4v) is 2.72. The maximum atomic E-state index is 11.0. The fraction of sp³-hybridized carbons (Fsp3) is 0.200. The zero-order valence-corrected chi connectivity index (χ0v) is 10.2. The largest absolute Gasteiger partial charge is 0.279 e. The molecule has 0 saturated carbocycles. The maximum Gasteiger partial charge on any atom is 0.279 e. The minimum absolute atomic E-state index is 0.0349. The van der Waals surface area contributed by atoms with Gasteiger partial charge in [0.1, 0.15) is 5.15 Å². The van der Waals surface area contributed by atoms with Crippen molar-refractivity contribution in [2.24, 2.45) is 0 Å². The molecule has 0 N–H and O–H groups in total. The van der Waals surface area contributed by atoms with Crippen molar-refractivity contribution in [2.45, 2.75) is 10.9 Å². The third-order valence-corrected chi connectivity index (χ3v) is 3.24. The summed E-state index contributed by atoms with van der Waals surface area (Å²) >= 11 is 16.5. The molecule has 0 bridgehead atoms. The van der Waals surface area contributed by atoms with Crippen LogP contribution in [0.3, 0.4) is 0 Å². The SMILES string of the molecule is O=S(=O)(Cl)c1nc(Cl)nc(Cl)c1CCl. The van der Waals surface area contributed by atoms with E-state index in [1.54, 1.807) is 0 Å². The van der Waals surface area contributed by atoms with Crippen molar-refractivity contribution >= 4 is 54.5 Å². The lowest BCUT2D eigenvalue weighted by Crippen LogP contribution is -2.03. The zero-order valence-electron chi connectivity index (χ0n) is 6.34. The first kappa shape index (κ1) is 12.3. The van der Waals surface area contributed by atoms with Crippen LogP contribution in [-0.2, 0) is 14.9 Å². The van der Waals surface area contributed by atoms with E-state index in [0.717, 1.165) is 0 Å². The molecule has 0 aliphatic carbocycles. The van der Waals surface area contributed by atoms with Gasteiger partial charge in [0.2, 0.25) is 5.28 Å². The topological polar surface area (TPSA) is 59.9 Å². The third kappa shape index (κ3) is 2.61. The molecule has 0 unspecified atom stereocenters. The van der Waals surface area contributed by atoms with Gasteiger partial charge in [0.05, 0.1) is 5.88 Å². The first-order chi connectivity index (χ1) is 6.36. The highest BCUT2D eigenvalue weighted by Gasteiger charge is 2.21. The van der Waals surface area contributed by atoms with Crippen molar-refractivity contribution < 1.29 is 8.42 Å². The predicted molar refractivity (Wildman–Crippen MR) is 54.6 cm³/mol. The summed E-state index contributed by atoms with van der Waals surface area (Å²) in [6.07, 6.45) is 0. The Kier molecular flexibility index (Phi) is 3.82. The number of nitrogens with zero attached hydrogens (tertiary/aromatic N) is 2. The van der Waals surface area contributed by atoms with Crippen LogP contribution in [0.15, 0.2) is 5.03 Å². The van der Waals surface area contributed by atoms with Crippen LogP contribution in [0, 0.1) is 0 Å². The summed E-state index contributed by atoms with van der Waals surface area (Å²) < 4.78 is 22.0. The number of alkyl halides is 1. The lowest BCUT2D eigenvalue weighted by molar-refractivity contribution is 0.604. The van der Waals surface area contributed by atoms with Crippen LogP contribution >= 0.6 is 45.5 Å². The van der Waals surface area contributed by atoms with E-state index in [1.165, 1.54) is 0 Å². The molecular weight excluding hydrogens is 294 g/mol. The normalized spacial score (nSPS) is 11.7. The van der Waals surface area contributed by atoms with Crippen molar-refractivity contribution in [1.82, 2.24) is 9.97 Å². The first-order valence-electron chi connectivity index (χ1n) is 3.08. The summed E-state index contributed by atoms with van der Waals surface area (Å²) in [4.78, 5) is 6.97. The molecule has 0 aliphatic heterocycles. The Hall–Kier alpha value is 0.190. The standard InChI is InChI=1S/C5H2Cl4N2O2S/c6-1-2-3(7)10-5(8)11-4(2)14(9,12)13/h1H2. The number of rotatable bonds is 2. The summed E-state index contributed by atoms with van der Waals surface area (Å²) in [5, 5.41) is -0.888. The lowest BCUT2D eigenvalue weighted by atomic mass is 10.4. The molecule has 0 atom stereocenters. The number of hydrogen-bond donors (Lipinski definition) is 0. The van der Waals surface area contributed by atoms with E-state index in [9.17, 15) is 8.42 Å². The Morgan fingerprint density at radius 1 is 1.21 bits per heavy atom. The Balaban J connectivity index is 3.56. The molecule has 1 rings (SSSR count). The highest BCUT2D eigenvalue weighted by Crippen LogP contribution is 2.26. The summed E-state index contributed by atoms with van der Waals surface area (Å²) in [5.41, 5.74) is 0.0349. The van der Waals surface area contributed by atoms with Crippen molar-refractivity contribution in [3.05, 3.63) is 16.0 Å². The molecule has 0 saturated heterocycles. The van der Waals surface area contributed by atoms with Gasteiger partial charge >= 0.3 is 0 Å². The van der Waals surface area contributed by atoms with Gasteiger partial charge in [-0.2, -0.15) is 0 Å². The number of aromatic nitrogens is 2.